The molecule has 78 valence electrons. The molecule has 14 heavy (non-hydrogen) atoms. The van der Waals surface area contributed by atoms with Crippen molar-refractivity contribution in [3.63, 3.8) is 0 Å². The number of rotatable bonds is 2. The van der Waals surface area contributed by atoms with E-state index in [2.05, 4.69) is 17.1 Å². The third-order valence-corrected chi connectivity index (χ3v) is 2.87. The lowest BCUT2D eigenvalue weighted by molar-refractivity contribution is 0.226. The van der Waals surface area contributed by atoms with Crippen LogP contribution in [-0.2, 0) is 0 Å². The van der Waals surface area contributed by atoms with Crippen LogP contribution in [0.3, 0.4) is 0 Å². The number of hydrogen-bond donors (Lipinski definition) is 1. The summed E-state index contributed by atoms with van der Waals surface area (Å²) in [5.74, 6) is 1.29. The van der Waals surface area contributed by atoms with E-state index in [9.17, 15) is 0 Å². The minimum Gasteiger partial charge on any atom is -0.396 e. The van der Waals surface area contributed by atoms with Crippen LogP contribution in [0.2, 0.25) is 0 Å². The summed E-state index contributed by atoms with van der Waals surface area (Å²) in [6, 6.07) is 2.26. The quantitative estimate of drug-likeness (QED) is 0.765. The molecule has 0 bridgehead atoms. The van der Waals surface area contributed by atoms with Gasteiger partial charge in [-0.15, -0.1) is 0 Å². The van der Waals surface area contributed by atoms with Gasteiger partial charge in [0.1, 0.15) is 0 Å². The van der Waals surface area contributed by atoms with Gasteiger partial charge >= 0.3 is 0 Å². The van der Waals surface area contributed by atoms with Gasteiger partial charge in [-0.25, -0.2) is 0 Å². The molecule has 0 aromatic carbocycles. The van der Waals surface area contributed by atoms with Crippen molar-refractivity contribution in [1.82, 2.24) is 10.1 Å². The molecule has 0 amide bonds. The third kappa shape index (κ3) is 1.67. The molecule has 4 nitrogen and oxygen atoms in total. The number of aliphatic hydroxyl groups excluding tert-OH is 1. The molecule has 0 unspecified atom stereocenters. The highest BCUT2D eigenvalue weighted by molar-refractivity contribution is 5.09. The first-order valence-electron chi connectivity index (χ1n) is 4.95. The summed E-state index contributed by atoms with van der Waals surface area (Å²) in [6.07, 6.45) is 0.960. The smallest absolute Gasteiger partial charge is 0.154 e. The molecule has 2 rings (SSSR count). The van der Waals surface area contributed by atoms with E-state index in [0.29, 0.717) is 5.92 Å². The van der Waals surface area contributed by atoms with Gasteiger partial charge in [-0.1, -0.05) is 5.16 Å². The maximum Gasteiger partial charge on any atom is 0.154 e. The highest BCUT2D eigenvalue weighted by Gasteiger charge is 2.32. The van der Waals surface area contributed by atoms with E-state index >= 15 is 0 Å². The van der Waals surface area contributed by atoms with Gasteiger partial charge in [0.15, 0.2) is 5.76 Å². The Morgan fingerprint density at radius 2 is 2.50 bits per heavy atom. The van der Waals surface area contributed by atoms with Crippen LogP contribution in [0, 0.1) is 12.8 Å². The second-order valence-electron chi connectivity index (χ2n) is 4.11. The van der Waals surface area contributed by atoms with E-state index in [1.807, 2.05) is 13.0 Å². The molecule has 1 aromatic heterocycles. The molecule has 2 heterocycles. The van der Waals surface area contributed by atoms with Gasteiger partial charge < -0.3 is 9.63 Å². The zero-order chi connectivity index (χ0) is 10.1. The minimum atomic E-state index is 0.258. The van der Waals surface area contributed by atoms with Gasteiger partial charge in [-0.2, -0.15) is 0 Å². The van der Waals surface area contributed by atoms with Crippen molar-refractivity contribution in [3.8, 4) is 0 Å². The lowest BCUT2D eigenvalue weighted by Crippen LogP contribution is -2.18. The van der Waals surface area contributed by atoms with Gasteiger partial charge in [0.05, 0.1) is 11.7 Å². The fourth-order valence-electron chi connectivity index (χ4n) is 2.11. The van der Waals surface area contributed by atoms with Crippen LogP contribution in [0.5, 0.6) is 0 Å². The SMILES string of the molecule is Cc1cc([C@@H]2C[C@@H](CO)CN2C)on1. The lowest BCUT2D eigenvalue weighted by Gasteiger charge is -2.15. The Hall–Kier alpha value is -0.870. The van der Waals surface area contributed by atoms with Crippen molar-refractivity contribution in [2.45, 2.75) is 19.4 Å². The molecular weight excluding hydrogens is 180 g/mol. The Kier molecular flexibility index (Phi) is 2.56. The molecule has 2 atom stereocenters. The Morgan fingerprint density at radius 3 is 3.00 bits per heavy atom. The van der Waals surface area contributed by atoms with Crippen molar-refractivity contribution in [2.75, 3.05) is 20.2 Å². The predicted molar refractivity (Wildman–Crippen MR) is 51.8 cm³/mol. The van der Waals surface area contributed by atoms with Crippen LogP contribution in [0.4, 0.5) is 0 Å². The third-order valence-electron chi connectivity index (χ3n) is 2.87. The fraction of sp³-hybridized carbons (Fsp3) is 0.700. The number of aromatic nitrogens is 1. The second kappa shape index (κ2) is 3.71. The van der Waals surface area contributed by atoms with E-state index < -0.39 is 0 Å². The summed E-state index contributed by atoms with van der Waals surface area (Å²) in [7, 11) is 2.05. The summed E-state index contributed by atoms with van der Waals surface area (Å²) in [6.45, 7) is 3.11. The minimum absolute atomic E-state index is 0.258. The van der Waals surface area contributed by atoms with Crippen LogP contribution >= 0.6 is 0 Å². The van der Waals surface area contributed by atoms with Crippen molar-refractivity contribution in [1.29, 1.82) is 0 Å². The van der Waals surface area contributed by atoms with Crippen LogP contribution in [0.25, 0.3) is 0 Å². The molecule has 0 saturated carbocycles. The van der Waals surface area contributed by atoms with Crippen molar-refractivity contribution < 1.29 is 9.63 Å². The first kappa shape index (κ1) is 9.68. The van der Waals surface area contributed by atoms with E-state index in [4.69, 9.17) is 9.63 Å². The molecule has 1 aromatic rings. The lowest BCUT2D eigenvalue weighted by atomic mass is 10.1. The highest BCUT2D eigenvalue weighted by Crippen LogP contribution is 2.33. The van der Waals surface area contributed by atoms with E-state index in [0.717, 1.165) is 24.4 Å². The van der Waals surface area contributed by atoms with Crippen LogP contribution in [-0.4, -0.2) is 35.4 Å². The molecular formula is C10H16N2O2. The summed E-state index contributed by atoms with van der Waals surface area (Å²) in [4.78, 5) is 2.21. The van der Waals surface area contributed by atoms with E-state index in [1.54, 1.807) is 0 Å². The molecule has 1 fully saturated rings. The molecule has 0 spiro atoms. The van der Waals surface area contributed by atoms with Gasteiger partial charge in [-0.3, -0.25) is 4.90 Å². The van der Waals surface area contributed by atoms with Crippen LogP contribution in [0.15, 0.2) is 10.6 Å². The second-order valence-corrected chi connectivity index (χ2v) is 4.11. The molecule has 0 radical (unpaired) electrons. The van der Waals surface area contributed by atoms with Gasteiger partial charge in [0, 0.05) is 19.2 Å². The van der Waals surface area contributed by atoms with Crippen LogP contribution in [0.1, 0.15) is 23.9 Å². The Labute approximate surface area is 83.5 Å². The van der Waals surface area contributed by atoms with Crippen LogP contribution < -0.4 is 0 Å². The average Bonchev–Trinajstić information content (AvgIpc) is 2.71. The Balaban J connectivity index is 2.12. The summed E-state index contributed by atoms with van der Waals surface area (Å²) < 4.78 is 5.24. The molecule has 1 aliphatic heterocycles. The van der Waals surface area contributed by atoms with E-state index in [-0.39, 0.29) is 12.6 Å². The maximum atomic E-state index is 9.08. The number of nitrogens with zero attached hydrogens (tertiary/aromatic N) is 2. The highest BCUT2D eigenvalue weighted by atomic mass is 16.5. The number of aryl methyl sites for hydroxylation is 1. The monoisotopic (exact) mass is 196 g/mol. The maximum absolute atomic E-state index is 9.08. The zero-order valence-electron chi connectivity index (χ0n) is 8.60. The first-order valence-corrected chi connectivity index (χ1v) is 4.95. The standard InChI is InChI=1S/C10H16N2O2/c1-7-3-10(14-11-7)9-4-8(6-13)5-12(9)2/h3,8-9,13H,4-6H2,1-2H3/t8-,9+/m1/s1. The molecule has 1 N–H and O–H groups in total. The van der Waals surface area contributed by atoms with Crippen molar-refractivity contribution >= 4 is 0 Å². The zero-order valence-corrected chi connectivity index (χ0v) is 8.60. The molecule has 4 heteroatoms. The van der Waals surface area contributed by atoms with Gasteiger partial charge in [0.2, 0.25) is 0 Å². The number of aliphatic hydroxyl groups is 1. The molecule has 1 saturated heterocycles. The average molecular weight is 196 g/mol. The summed E-state index contributed by atoms with van der Waals surface area (Å²) in [5.41, 5.74) is 0.917. The van der Waals surface area contributed by atoms with Crippen molar-refractivity contribution in [2.24, 2.45) is 5.92 Å². The Morgan fingerprint density at radius 1 is 1.71 bits per heavy atom. The van der Waals surface area contributed by atoms with Gasteiger partial charge in [-0.05, 0) is 26.3 Å². The summed E-state index contributed by atoms with van der Waals surface area (Å²) >= 11 is 0. The topological polar surface area (TPSA) is 49.5 Å². The summed E-state index contributed by atoms with van der Waals surface area (Å²) in [5, 5.41) is 13.0. The fourth-order valence-corrected chi connectivity index (χ4v) is 2.11. The number of hydrogen-bond acceptors (Lipinski definition) is 4. The molecule has 0 aliphatic carbocycles. The molecule has 1 aliphatic rings. The van der Waals surface area contributed by atoms with Gasteiger partial charge in [0.25, 0.3) is 0 Å². The number of likely N-dealkylation sites (tertiary alicyclic amines) is 1. The predicted octanol–water partition coefficient (Wildman–Crippen LogP) is 0.968. The normalized spacial score (nSPS) is 28.5. The largest absolute Gasteiger partial charge is 0.396 e. The van der Waals surface area contributed by atoms with Crippen molar-refractivity contribution in [3.05, 3.63) is 17.5 Å². The first-order chi connectivity index (χ1) is 6.70. The Bertz CT molecular complexity index is 311. The van der Waals surface area contributed by atoms with E-state index in [1.165, 1.54) is 0 Å².